The summed E-state index contributed by atoms with van der Waals surface area (Å²) in [6, 6.07) is 5.14. The second kappa shape index (κ2) is 10.8. The Hall–Kier alpha value is -2.22. The van der Waals surface area contributed by atoms with Crippen molar-refractivity contribution in [2.45, 2.75) is 38.9 Å². The van der Waals surface area contributed by atoms with Crippen molar-refractivity contribution < 1.29 is 33.1 Å². The van der Waals surface area contributed by atoms with Crippen molar-refractivity contribution in [3.63, 3.8) is 0 Å². The molecule has 0 heterocycles. The van der Waals surface area contributed by atoms with E-state index in [2.05, 4.69) is 5.32 Å². The van der Waals surface area contributed by atoms with Crippen molar-refractivity contribution in [3.8, 4) is 0 Å². The van der Waals surface area contributed by atoms with Gasteiger partial charge < -0.3 is 25.2 Å². The number of nitrogens with one attached hydrogen (secondary N) is 1. The fourth-order valence-electron chi connectivity index (χ4n) is 2.30. The van der Waals surface area contributed by atoms with Gasteiger partial charge in [0, 0.05) is 12.0 Å². The normalized spacial score (nSPS) is 12.4. The Morgan fingerprint density at radius 1 is 1.15 bits per heavy atom. The third-order valence-corrected chi connectivity index (χ3v) is 5.60. The zero-order valence-electron chi connectivity index (χ0n) is 15.3. The second-order valence-electron chi connectivity index (χ2n) is 5.66. The van der Waals surface area contributed by atoms with Gasteiger partial charge in [0.1, 0.15) is 6.04 Å². The summed E-state index contributed by atoms with van der Waals surface area (Å²) in [7, 11) is -3.25. The van der Waals surface area contributed by atoms with Gasteiger partial charge in [-0.25, -0.2) is 0 Å². The summed E-state index contributed by atoms with van der Waals surface area (Å²) < 4.78 is 23.0. The molecule has 0 fully saturated rings. The van der Waals surface area contributed by atoms with E-state index in [1.54, 1.807) is 26.0 Å². The van der Waals surface area contributed by atoms with Crippen molar-refractivity contribution >= 4 is 25.4 Å². The van der Waals surface area contributed by atoms with Gasteiger partial charge in [-0.15, -0.1) is 0 Å². The number of hydrogen-bond acceptors (Lipinski definition) is 6. The Morgan fingerprint density at radius 3 is 2.15 bits per heavy atom. The van der Waals surface area contributed by atoms with Crippen LogP contribution < -0.4 is 11.1 Å². The minimum Gasteiger partial charge on any atom is -0.481 e. The first kappa shape index (κ1) is 22.8. The van der Waals surface area contributed by atoms with Gasteiger partial charge in [-0.3, -0.25) is 18.9 Å². The molecule has 0 saturated carbocycles. The van der Waals surface area contributed by atoms with Gasteiger partial charge in [0.15, 0.2) is 0 Å². The number of benzene rings is 1. The van der Waals surface area contributed by atoms with E-state index in [0.29, 0.717) is 5.56 Å². The highest BCUT2D eigenvalue weighted by Gasteiger charge is 2.24. The molecular weight excluding hydrogens is 375 g/mol. The van der Waals surface area contributed by atoms with E-state index in [1.165, 1.54) is 12.1 Å². The van der Waals surface area contributed by atoms with Crippen molar-refractivity contribution in [2.24, 2.45) is 5.73 Å². The smallest absolute Gasteiger partial charge is 0.335 e. The SMILES string of the molecule is CCOP(=O)(Cc1ccc(C(=O)N[C@@H](CCC(=O)O)C(N)=O)cc1)OCC. The average molecular weight is 400 g/mol. The summed E-state index contributed by atoms with van der Waals surface area (Å²) >= 11 is 0. The zero-order chi connectivity index (χ0) is 20.4. The predicted octanol–water partition coefficient (Wildman–Crippen LogP) is 1.90. The molecule has 0 aliphatic rings. The van der Waals surface area contributed by atoms with Crippen LogP contribution in [0.1, 0.15) is 42.6 Å². The van der Waals surface area contributed by atoms with E-state index in [1.807, 2.05) is 0 Å². The number of amides is 2. The number of carboxylic acids is 1. The molecule has 150 valence electrons. The van der Waals surface area contributed by atoms with Crippen molar-refractivity contribution in [1.82, 2.24) is 5.32 Å². The maximum Gasteiger partial charge on any atom is 0.335 e. The maximum atomic E-state index is 12.5. The molecule has 0 aliphatic heterocycles. The van der Waals surface area contributed by atoms with Gasteiger partial charge >= 0.3 is 13.6 Å². The van der Waals surface area contributed by atoms with E-state index >= 15 is 0 Å². The summed E-state index contributed by atoms with van der Waals surface area (Å²) in [5.74, 6) is -2.46. The van der Waals surface area contributed by atoms with Crippen LogP contribution in [0.3, 0.4) is 0 Å². The van der Waals surface area contributed by atoms with Crippen molar-refractivity contribution in [1.29, 1.82) is 0 Å². The van der Waals surface area contributed by atoms with Crippen LogP contribution in [-0.4, -0.2) is 42.1 Å². The zero-order valence-corrected chi connectivity index (χ0v) is 16.2. The Labute approximate surface area is 157 Å². The number of rotatable bonds is 12. The molecule has 0 saturated heterocycles. The lowest BCUT2D eigenvalue weighted by Gasteiger charge is -2.17. The Kier molecular flexibility index (Phi) is 9.14. The van der Waals surface area contributed by atoms with Crippen LogP contribution in [0.2, 0.25) is 0 Å². The summed E-state index contributed by atoms with van der Waals surface area (Å²) in [5, 5.41) is 11.1. The van der Waals surface area contributed by atoms with E-state index in [-0.39, 0.29) is 37.8 Å². The average Bonchev–Trinajstić information content (AvgIpc) is 2.58. The molecular formula is C17H25N2O7P. The standard InChI is InChI=1S/C17H25N2O7P/c1-3-25-27(24,26-4-2)11-12-5-7-13(8-6-12)17(23)19-14(16(18)22)9-10-15(20)21/h5-8,14H,3-4,9-11H2,1-2H3,(H2,18,22)(H,19,23)(H,20,21)/t14-/m0/s1. The third-order valence-electron chi connectivity index (χ3n) is 3.54. The molecule has 1 aromatic rings. The van der Waals surface area contributed by atoms with Crippen LogP contribution in [-0.2, 0) is 29.4 Å². The number of carbonyl (C=O) groups excluding carboxylic acids is 2. The van der Waals surface area contributed by atoms with Crippen LogP contribution in [0.5, 0.6) is 0 Å². The monoisotopic (exact) mass is 400 g/mol. The molecule has 4 N–H and O–H groups in total. The van der Waals surface area contributed by atoms with E-state index in [9.17, 15) is 18.9 Å². The first-order valence-corrected chi connectivity index (χ1v) is 10.2. The molecule has 0 aliphatic carbocycles. The molecule has 0 bridgehead atoms. The molecule has 0 unspecified atom stereocenters. The summed E-state index contributed by atoms with van der Waals surface area (Å²) in [6.07, 6.45) is -0.323. The lowest BCUT2D eigenvalue weighted by atomic mass is 10.1. The number of carboxylic acid groups (broad SMARTS) is 1. The van der Waals surface area contributed by atoms with E-state index < -0.39 is 31.4 Å². The fourth-order valence-corrected chi connectivity index (χ4v) is 4.00. The molecule has 9 nitrogen and oxygen atoms in total. The van der Waals surface area contributed by atoms with Gasteiger partial charge in [-0.05, 0) is 38.0 Å². The quantitative estimate of drug-likeness (QED) is 0.454. The lowest BCUT2D eigenvalue weighted by Crippen LogP contribution is -2.44. The number of primary amides is 1. The Bertz CT molecular complexity index is 696. The molecule has 27 heavy (non-hydrogen) atoms. The van der Waals surface area contributed by atoms with Crippen molar-refractivity contribution in [3.05, 3.63) is 35.4 Å². The van der Waals surface area contributed by atoms with Gasteiger partial charge in [0.25, 0.3) is 5.91 Å². The van der Waals surface area contributed by atoms with Crippen LogP contribution in [0.25, 0.3) is 0 Å². The second-order valence-corrected chi connectivity index (χ2v) is 7.72. The summed E-state index contributed by atoms with van der Waals surface area (Å²) in [4.78, 5) is 34.2. The first-order chi connectivity index (χ1) is 12.7. The molecule has 1 aromatic carbocycles. The predicted molar refractivity (Wildman–Crippen MR) is 98.3 cm³/mol. The van der Waals surface area contributed by atoms with E-state index in [4.69, 9.17) is 19.9 Å². The van der Waals surface area contributed by atoms with Crippen LogP contribution in [0.4, 0.5) is 0 Å². The highest BCUT2D eigenvalue weighted by atomic mass is 31.2. The summed E-state index contributed by atoms with van der Waals surface area (Å²) in [6.45, 7) is 3.95. The molecule has 1 rings (SSSR count). The van der Waals surface area contributed by atoms with Crippen molar-refractivity contribution in [2.75, 3.05) is 13.2 Å². The molecule has 0 radical (unpaired) electrons. The number of aliphatic carboxylic acids is 1. The molecule has 10 heteroatoms. The van der Waals surface area contributed by atoms with Gasteiger partial charge in [-0.2, -0.15) is 0 Å². The minimum atomic E-state index is -3.25. The Morgan fingerprint density at radius 2 is 1.70 bits per heavy atom. The number of carbonyl (C=O) groups is 3. The van der Waals surface area contributed by atoms with Crippen LogP contribution in [0, 0.1) is 0 Å². The topological polar surface area (TPSA) is 145 Å². The minimum absolute atomic E-state index is 0.0686. The summed E-state index contributed by atoms with van der Waals surface area (Å²) in [5.41, 5.74) is 6.11. The highest BCUT2D eigenvalue weighted by molar-refractivity contribution is 7.53. The highest BCUT2D eigenvalue weighted by Crippen LogP contribution is 2.51. The molecule has 0 aromatic heterocycles. The largest absolute Gasteiger partial charge is 0.481 e. The Balaban J connectivity index is 2.79. The van der Waals surface area contributed by atoms with Crippen LogP contribution in [0.15, 0.2) is 24.3 Å². The van der Waals surface area contributed by atoms with Gasteiger partial charge in [0.05, 0.1) is 19.4 Å². The van der Waals surface area contributed by atoms with Crippen LogP contribution >= 0.6 is 7.60 Å². The first-order valence-electron chi connectivity index (χ1n) is 8.49. The van der Waals surface area contributed by atoms with Gasteiger partial charge in [0.2, 0.25) is 5.91 Å². The molecule has 0 spiro atoms. The molecule has 2 amide bonds. The molecule has 1 atom stereocenters. The number of hydrogen-bond donors (Lipinski definition) is 3. The number of nitrogens with two attached hydrogens (primary N) is 1. The third kappa shape index (κ3) is 7.90. The maximum absolute atomic E-state index is 12.5. The fraction of sp³-hybridized carbons (Fsp3) is 0.471. The lowest BCUT2D eigenvalue weighted by molar-refractivity contribution is -0.137. The van der Waals surface area contributed by atoms with Gasteiger partial charge in [-0.1, -0.05) is 12.1 Å². The van der Waals surface area contributed by atoms with E-state index in [0.717, 1.165) is 0 Å².